The third-order valence-electron chi connectivity index (χ3n) is 4.31. The number of amides is 1. The van der Waals surface area contributed by atoms with E-state index in [1.54, 1.807) is 12.0 Å². The van der Waals surface area contributed by atoms with Gasteiger partial charge in [0.05, 0.1) is 25.3 Å². The minimum Gasteiger partial charge on any atom is -0.496 e. The molecule has 2 aromatic heterocycles. The van der Waals surface area contributed by atoms with Crippen molar-refractivity contribution in [1.82, 2.24) is 14.3 Å². The number of likely N-dealkylation sites (N-methyl/N-ethyl adjacent to an activating group) is 1. The van der Waals surface area contributed by atoms with Gasteiger partial charge in [-0.1, -0.05) is 24.3 Å². The zero-order chi connectivity index (χ0) is 17.1. The van der Waals surface area contributed by atoms with Crippen LogP contribution in [-0.4, -0.2) is 34.3 Å². The van der Waals surface area contributed by atoms with Gasteiger partial charge in [0.15, 0.2) is 0 Å². The molecule has 0 saturated heterocycles. The molecular weight excluding hydrogens is 302 g/mol. The van der Waals surface area contributed by atoms with Crippen LogP contribution in [0.15, 0.2) is 54.9 Å². The van der Waals surface area contributed by atoms with E-state index in [0.717, 1.165) is 22.7 Å². The number of carbonyl (C=O) groups is 1. The van der Waals surface area contributed by atoms with Gasteiger partial charge in [-0.15, -0.1) is 0 Å². The van der Waals surface area contributed by atoms with Gasteiger partial charge in [0.25, 0.3) is 0 Å². The Morgan fingerprint density at radius 1 is 1.25 bits per heavy atom. The number of fused-ring (bicyclic) bond motifs is 1. The average molecular weight is 323 g/mol. The predicted octanol–water partition coefficient (Wildman–Crippen LogP) is 3.11. The van der Waals surface area contributed by atoms with E-state index in [1.807, 2.05) is 73.2 Å². The molecule has 0 bridgehead atoms. The molecule has 0 N–H and O–H groups in total. The third kappa shape index (κ3) is 3.11. The zero-order valence-electron chi connectivity index (χ0n) is 14.1. The summed E-state index contributed by atoms with van der Waals surface area (Å²) in [5.41, 5.74) is 2.61. The normalized spacial score (nSPS) is 12.1. The van der Waals surface area contributed by atoms with Crippen LogP contribution in [0.25, 0.3) is 5.65 Å². The standard InChI is InChI=1S/C19H21N3O2/c1-14(16-8-4-5-9-17(16)24-3)21(2)19(23)12-15-13-22-11-7-6-10-18(22)20-15/h4-11,13-14H,12H2,1-3H3/t14-/m1/s1. The van der Waals surface area contributed by atoms with E-state index in [4.69, 9.17) is 4.74 Å². The topological polar surface area (TPSA) is 46.8 Å². The predicted molar refractivity (Wildman–Crippen MR) is 93.1 cm³/mol. The first-order valence-corrected chi connectivity index (χ1v) is 7.91. The summed E-state index contributed by atoms with van der Waals surface area (Å²) in [6.07, 6.45) is 4.10. The number of carbonyl (C=O) groups excluding carboxylic acids is 1. The molecule has 3 rings (SSSR count). The van der Waals surface area contributed by atoms with Gasteiger partial charge < -0.3 is 14.0 Å². The van der Waals surface area contributed by atoms with Crippen molar-refractivity contribution in [3.05, 3.63) is 66.1 Å². The second kappa shape index (κ2) is 6.74. The Hall–Kier alpha value is -2.82. The zero-order valence-corrected chi connectivity index (χ0v) is 14.1. The summed E-state index contributed by atoms with van der Waals surface area (Å²) < 4.78 is 7.32. The molecular formula is C19H21N3O2. The number of rotatable bonds is 5. The number of aromatic nitrogens is 2. The fraction of sp³-hybridized carbons (Fsp3) is 0.263. The van der Waals surface area contributed by atoms with Gasteiger partial charge in [-0.3, -0.25) is 4.79 Å². The van der Waals surface area contributed by atoms with Gasteiger partial charge >= 0.3 is 0 Å². The van der Waals surface area contributed by atoms with Crippen LogP contribution in [0, 0.1) is 0 Å². The summed E-state index contributed by atoms with van der Waals surface area (Å²) in [4.78, 5) is 18.9. The molecule has 0 aliphatic heterocycles. The van der Waals surface area contributed by atoms with E-state index < -0.39 is 0 Å². The monoisotopic (exact) mass is 323 g/mol. The van der Waals surface area contributed by atoms with Crippen LogP contribution in [-0.2, 0) is 11.2 Å². The summed E-state index contributed by atoms with van der Waals surface area (Å²) in [5.74, 6) is 0.814. The maximum atomic E-state index is 12.6. The van der Waals surface area contributed by atoms with Crippen LogP contribution in [0.2, 0.25) is 0 Å². The highest BCUT2D eigenvalue weighted by molar-refractivity contribution is 5.78. The smallest absolute Gasteiger partial charge is 0.228 e. The minimum atomic E-state index is -0.0781. The van der Waals surface area contributed by atoms with E-state index in [0.29, 0.717) is 0 Å². The van der Waals surface area contributed by atoms with Crippen molar-refractivity contribution in [2.24, 2.45) is 0 Å². The molecule has 0 aliphatic rings. The summed E-state index contributed by atoms with van der Waals surface area (Å²) >= 11 is 0. The maximum absolute atomic E-state index is 12.6. The Morgan fingerprint density at radius 2 is 2.00 bits per heavy atom. The molecule has 5 heteroatoms. The number of ether oxygens (including phenoxy) is 1. The highest BCUT2D eigenvalue weighted by Crippen LogP contribution is 2.28. The van der Waals surface area contributed by atoms with E-state index >= 15 is 0 Å². The van der Waals surface area contributed by atoms with Gasteiger partial charge in [0, 0.05) is 25.0 Å². The lowest BCUT2D eigenvalue weighted by Crippen LogP contribution is -2.31. The highest BCUT2D eigenvalue weighted by Gasteiger charge is 2.21. The molecule has 1 amide bonds. The lowest BCUT2D eigenvalue weighted by Gasteiger charge is -2.26. The van der Waals surface area contributed by atoms with Crippen LogP contribution < -0.4 is 4.74 Å². The van der Waals surface area contributed by atoms with Crippen LogP contribution in [0.5, 0.6) is 5.75 Å². The molecule has 124 valence electrons. The lowest BCUT2D eigenvalue weighted by atomic mass is 10.1. The maximum Gasteiger partial charge on any atom is 0.228 e. The molecule has 1 aromatic carbocycles. The van der Waals surface area contributed by atoms with E-state index in [2.05, 4.69) is 4.98 Å². The number of benzene rings is 1. The Kier molecular flexibility index (Phi) is 4.51. The molecule has 0 unspecified atom stereocenters. The molecule has 3 aromatic rings. The van der Waals surface area contributed by atoms with Crippen molar-refractivity contribution < 1.29 is 9.53 Å². The Labute approximate surface area is 141 Å². The van der Waals surface area contributed by atoms with Crippen molar-refractivity contribution >= 4 is 11.6 Å². The SMILES string of the molecule is COc1ccccc1[C@@H](C)N(C)C(=O)Cc1cn2ccccc2n1. The average Bonchev–Trinajstić information content (AvgIpc) is 3.02. The summed E-state index contributed by atoms with van der Waals surface area (Å²) in [6.45, 7) is 2.00. The molecule has 0 saturated carbocycles. The van der Waals surface area contributed by atoms with Gasteiger partial charge in [0.1, 0.15) is 11.4 Å². The van der Waals surface area contributed by atoms with Crippen molar-refractivity contribution in [1.29, 1.82) is 0 Å². The number of hydrogen-bond donors (Lipinski definition) is 0. The molecule has 0 radical (unpaired) electrons. The number of imidazole rings is 1. The number of para-hydroxylation sites is 1. The van der Waals surface area contributed by atoms with Crippen LogP contribution in [0.4, 0.5) is 0 Å². The van der Waals surface area contributed by atoms with Gasteiger partial charge in [-0.05, 0) is 25.1 Å². The van der Waals surface area contributed by atoms with Gasteiger partial charge in [0.2, 0.25) is 5.91 Å². The molecule has 0 fully saturated rings. The molecule has 24 heavy (non-hydrogen) atoms. The summed E-state index contributed by atoms with van der Waals surface area (Å²) in [6, 6.07) is 13.5. The number of hydrogen-bond acceptors (Lipinski definition) is 3. The molecule has 2 heterocycles. The van der Waals surface area contributed by atoms with Crippen molar-refractivity contribution in [3.63, 3.8) is 0 Å². The quantitative estimate of drug-likeness (QED) is 0.725. The van der Waals surface area contributed by atoms with E-state index in [-0.39, 0.29) is 18.4 Å². The van der Waals surface area contributed by atoms with Crippen LogP contribution >= 0.6 is 0 Å². The lowest BCUT2D eigenvalue weighted by molar-refractivity contribution is -0.131. The van der Waals surface area contributed by atoms with Crippen LogP contribution in [0.3, 0.4) is 0 Å². The van der Waals surface area contributed by atoms with Crippen molar-refractivity contribution in [3.8, 4) is 5.75 Å². The number of pyridine rings is 1. The van der Waals surface area contributed by atoms with Gasteiger partial charge in [-0.25, -0.2) is 4.98 Å². The van der Waals surface area contributed by atoms with Crippen LogP contribution in [0.1, 0.15) is 24.2 Å². The third-order valence-corrected chi connectivity index (χ3v) is 4.31. The second-order valence-electron chi connectivity index (χ2n) is 5.80. The first-order valence-electron chi connectivity index (χ1n) is 7.91. The molecule has 0 aliphatic carbocycles. The summed E-state index contributed by atoms with van der Waals surface area (Å²) in [7, 11) is 3.46. The fourth-order valence-corrected chi connectivity index (χ4v) is 2.79. The highest BCUT2D eigenvalue weighted by atomic mass is 16.5. The van der Waals surface area contributed by atoms with Gasteiger partial charge in [-0.2, -0.15) is 0 Å². The first kappa shape index (κ1) is 16.1. The summed E-state index contributed by atoms with van der Waals surface area (Å²) in [5, 5.41) is 0. The molecule has 5 nitrogen and oxygen atoms in total. The Balaban J connectivity index is 1.76. The number of methoxy groups -OCH3 is 1. The van der Waals surface area contributed by atoms with E-state index in [9.17, 15) is 4.79 Å². The minimum absolute atomic E-state index is 0.0248. The molecule has 0 spiro atoms. The van der Waals surface area contributed by atoms with Crippen molar-refractivity contribution in [2.45, 2.75) is 19.4 Å². The van der Waals surface area contributed by atoms with E-state index in [1.165, 1.54) is 0 Å². The number of nitrogens with zero attached hydrogens (tertiary/aromatic N) is 3. The largest absolute Gasteiger partial charge is 0.496 e. The Morgan fingerprint density at radius 3 is 2.75 bits per heavy atom. The second-order valence-corrected chi connectivity index (χ2v) is 5.80. The first-order chi connectivity index (χ1) is 11.6. The fourth-order valence-electron chi connectivity index (χ4n) is 2.79. The Bertz CT molecular complexity index is 823. The van der Waals surface area contributed by atoms with Crippen molar-refractivity contribution in [2.75, 3.05) is 14.2 Å². The molecule has 1 atom stereocenters.